The number of hydrogen-bond acceptors (Lipinski definition) is 3. The third kappa shape index (κ3) is 5.38. The molecule has 1 rings (SSSR count). The molecule has 0 fully saturated rings. The van der Waals surface area contributed by atoms with Gasteiger partial charge in [-0.2, -0.15) is 0 Å². The molecule has 0 saturated heterocycles. The van der Waals surface area contributed by atoms with Crippen molar-refractivity contribution in [1.82, 2.24) is 5.32 Å². The van der Waals surface area contributed by atoms with Crippen LogP contribution in [0.25, 0.3) is 6.08 Å². The molecular formula is C15H19NO3. The lowest BCUT2D eigenvalue weighted by atomic mass is 10.1. The molecule has 0 atom stereocenters. The Morgan fingerprint density at radius 3 is 2.84 bits per heavy atom. The molecule has 0 spiro atoms. The van der Waals surface area contributed by atoms with Gasteiger partial charge in [-0.3, -0.25) is 9.59 Å². The Labute approximate surface area is 113 Å². The van der Waals surface area contributed by atoms with Crippen molar-refractivity contribution in [3.05, 3.63) is 35.4 Å². The van der Waals surface area contributed by atoms with Gasteiger partial charge in [0.25, 0.3) is 0 Å². The van der Waals surface area contributed by atoms with Gasteiger partial charge in [0.05, 0.1) is 12.2 Å². The van der Waals surface area contributed by atoms with Crippen LogP contribution in [0.2, 0.25) is 0 Å². The lowest BCUT2D eigenvalue weighted by molar-refractivity contribution is -0.118. The summed E-state index contributed by atoms with van der Waals surface area (Å²) in [5, 5.41) is 2.71. The fourth-order valence-corrected chi connectivity index (χ4v) is 1.60. The van der Waals surface area contributed by atoms with Crippen molar-refractivity contribution < 1.29 is 14.3 Å². The molecule has 1 aromatic carbocycles. The minimum atomic E-state index is -0.0299. The Bertz CT molecular complexity index is 466. The predicted octanol–water partition coefficient (Wildman–Crippen LogP) is 2.44. The number of amides is 1. The van der Waals surface area contributed by atoms with E-state index >= 15 is 0 Å². The zero-order valence-electron chi connectivity index (χ0n) is 11.3. The van der Waals surface area contributed by atoms with Gasteiger partial charge in [-0.1, -0.05) is 18.2 Å². The monoisotopic (exact) mass is 261 g/mol. The number of hydrogen-bond donors (Lipinski definition) is 1. The summed E-state index contributed by atoms with van der Waals surface area (Å²) in [7, 11) is 0. The van der Waals surface area contributed by atoms with Crippen molar-refractivity contribution in [3.8, 4) is 5.75 Å². The highest BCUT2D eigenvalue weighted by Gasteiger charge is 2.02. The van der Waals surface area contributed by atoms with Crippen LogP contribution in [-0.2, 0) is 4.79 Å². The van der Waals surface area contributed by atoms with Gasteiger partial charge in [0, 0.05) is 13.5 Å². The second-order valence-corrected chi connectivity index (χ2v) is 4.02. The summed E-state index contributed by atoms with van der Waals surface area (Å²) in [6.45, 7) is 4.52. The van der Waals surface area contributed by atoms with Crippen LogP contribution in [0.15, 0.2) is 24.3 Å². The average molecular weight is 261 g/mol. The largest absolute Gasteiger partial charge is 0.493 e. The van der Waals surface area contributed by atoms with Gasteiger partial charge < -0.3 is 10.1 Å². The van der Waals surface area contributed by atoms with E-state index in [-0.39, 0.29) is 5.91 Å². The Morgan fingerprint density at radius 1 is 1.42 bits per heavy atom. The summed E-state index contributed by atoms with van der Waals surface area (Å²) in [6, 6.07) is 5.47. The number of benzene rings is 1. The van der Waals surface area contributed by atoms with Crippen molar-refractivity contribution >= 4 is 18.3 Å². The van der Waals surface area contributed by atoms with Gasteiger partial charge in [-0.05, 0) is 31.0 Å². The fourth-order valence-electron chi connectivity index (χ4n) is 1.60. The predicted molar refractivity (Wildman–Crippen MR) is 75.3 cm³/mol. The lowest BCUT2D eigenvalue weighted by Gasteiger charge is -2.06. The van der Waals surface area contributed by atoms with Crippen LogP contribution >= 0.6 is 0 Å². The Morgan fingerprint density at radius 2 is 2.21 bits per heavy atom. The second-order valence-electron chi connectivity index (χ2n) is 4.02. The van der Waals surface area contributed by atoms with Crippen LogP contribution in [0, 0.1) is 0 Å². The van der Waals surface area contributed by atoms with Crippen LogP contribution < -0.4 is 10.1 Å². The molecule has 0 saturated carbocycles. The molecule has 1 amide bonds. The van der Waals surface area contributed by atoms with E-state index in [9.17, 15) is 9.59 Å². The number of nitrogens with one attached hydrogen (secondary N) is 1. The molecule has 1 aromatic rings. The lowest BCUT2D eigenvalue weighted by Crippen LogP contribution is -2.20. The van der Waals surface area contributed by atoms with Crippen LogP contribution in [0.1, 0.15) is 36.2 Å². The van der Waals surface area contributed by atoms with E-state index in [1.54, 1.807) is 12.1 Å². The molecule has 4 heteroatoms. The summed E-state index contributed by atoms with van der Waals surface area (Å²) < 4.78 is 5.35. The summed E-state index contributed by atoms with van der Waals surface area (Å²) in [5.74, 6) is 0.575. The molecule has 0 aliphatic carbocycles. The number of carbonyl (C=O) groups excluding carboxylic acids is 2. The van der Waals surface area contributed by atoms with E-state index in [1.807, 2.05) is 25.1 Å². The van der Waals surface area contributed by atoms with E-state index < -0.39 is 0 Å². The van der Waals surface area contributed by atoms with Gasteiger partial charge in [0.15, 0.2) is 6.29 Å². The molecule has 0 aromatic heterocycles. The van der Waals surface area contributed by atoms with Crippen molar-refractivity contribution in [2.75, 3.05) is 13.2 Å². The van der Waals surface area contributed by atoms with E-state index in [4.69, 9.17) is 4.74 Å². The highest BCUT2D eigenvalue weighted by atomic mass is 16.5. The van der Waals surface area contributed by atoms with Crippen molar-refractivity contribution in [3.63, 3.8) is 0 Å². The van der Waals surface area contributed by atoms with Crippen LogP contribution in [0.5, 0.6) is 5.75 Å². The summed E-state index contributed by atoms with van der Waals surface area (Å²) in [5.41, 5.74) is 1.49. The highest BCUT2D eigenvalue weighted by Crippen LogP contribution is 2.19. The van der Waals surface area contributed by atoms with Crippen LogP contribution in [-0.4, -0.2) is 25.3 Å². The molecule has 102 valence electrons. The molecule has 0 aliphatic heterocycles. The Hall–Kier alpha value is -2.10. The van der Waals surface area contributed by atoms with Gasteiger partial charge in [0.2, 0.25) is 5.91 Å². The maximum Gasteiger partial charge on any atom is 0.216 e. The Balaban J connectivity index is 2.61. The topological polar surface area (TPSA) is 55.4 Å². The quantitative estimate of drug-likeness (QED) is 0.606. The van der Waals surface area contributed by atoms with Crippen LogP contribution in [0.4, 0.5) is 0 Å². The van der Waals surface area contributed by atoms with Gasteiger partial charge in [-0.15, -0.1) is 0 Å². The summed E-state index contributed by atoms with van der Waals surface area (Å²) in [4.78, 5) is 21.6. The number of carbonyl (C=O) groups is 2. The van der Waals surface area contributed by atoms with Crippen LogP contribution in [0.3, 0.4) is 0 Å². The van der Waals surface area contributed by atoms with Crippen molar-refractivity contribution in [2.24, 2.45) is 0 Å². The Kier molecular flexibility index (Phi) is 6.36. The van der Waals surface area contributed by atoms with Gasteiger partial charge in [0.1, 0.15) is 5.75 Å². The normalized spacial score (nSPS) is 10.4. The molecule has 1 N–H and O–H groups in total. The average Bonchev–Trinajstić information content (AvgIpc) is 2.39. The molecule has 4 nitrogen and oxygen atoms in total. The number of ether oxygens (including phenoxy) is 1. The smallest absolute Gasteiger partial charge is 0.216 e. The third-order valence-electron chi connectivity index (χ3n) is 2.46. The van der Waals surface area contributed by atoms with Crippen molar-refractivity contribution in [1.29, 1.82) is 0 Å². The first-order chi connectivity index (χ1) is 9.17. The molecular weight excluding hydrogens is 242 g/mol. The first-order valence-electron chi connectivity index (χ1n) is 6.30. The van der Waals surface area contributed by atoms with Crippen molar-refractivity contribution in [2.45, 2.75) is 20.3 Å². The summed E-state index contributed by atoms with van der Waals surface area (Å²) >= 11 is 0. The first-order valence-corrected chi connectivity index (χ1v) is 6.30. The van der Waals surface area contributed by atoms with E-state index in [0.717, 1.165) is 18.3 Å². The minimum absolute atomic E-state index is 0.0299. The molecule has 0 bridgehead atoms. The molecule has 0 unspecified atom stereocenters. The second kappa shape index (κ2) is 8.08. The zero-order valence-corrected chi connectivity index (χ0v) is 11.3. The number of aldehydes is 1. The zero-order chi connectivity index (χ0) is 14.1. The fraction of sp³-hybridized carbons (Fsp3) is 0.333. The van der Waals surface area contributed by atoms with E-state index in [1.165, 1.54) is 6.92 Å². The maximum absolute atomic E-state index is 11.0. The molecule has 0 radical (unpaired) electrons. The summed E-state index contributed by atoms with van der Waals surface area (Å²) in [6.07, 6.45) is 5.42. The SMILES string of the molecule is CCOc1ccc(C=CCCNC(C)=O)cc1C=O. The third-order valence-corrected chi connectivity index (χ3v) is 2.46. The van der Waals surface area contributed by atoms with Gasteiger partial charge in [-0.25, -0.2) is 0 Å². The standard InChI is InChI=1S/C15H19NO3/c1-3-19-15-8-7-13(10-14(15)11-17)6-4-5-9-16-12(2)18/h4,6-8,10-11H,3,5,9H2,1-2H3,(H,16,18). The minimum Gasteiger partial charge on any atom is -0.493 e. The first kappa shape index (κ1) is 15.0. The molecule has 19 heavy (non-hydrogen) atoms. The van der Waals surface area contributed by atoms with E-state index in [2.05, 4.69) is 5.32 Å². The number of rotatable bonds is 7. The maximum atomic E-state index is 11.0. The van der Waals surface area contributed by atoms with Gasteiger partial charge >= 0.3 is 0 Å². The highest BCUT2D eigenvalue weighted by molar-refractivity contribution is 5.80. The molecule has 0 aliphatic rings. The van der Waals surface area contributed by atoms with E-state index in [0.29, 0.717) is 24.5 Å². The molecule has 0 heterocycles.